The zero-order valence-electron chi connectivity index (χ0n) is 13.4. The van der Waals surface area contributed by atoms with Crippen molar-refractivity contribution < 1.29 is 14.3 Å². The Kier molecular flexibility index (Phi) is 4.29. The Morgan fingerprint density at radius 2 is 1.92 bits per heavy atom. The van der Waals surface area contributed by atoms with Crippen molar-refractivity contribution in [1.82, 2.24) is 14.9 Å². The minimum absolute atomic E-state index is 0.264. The Hall–Kier alpha value is -3.15. The van der Waals surface area contributed by atoms with Crippen molar-refractivity contribution in [3.63, 3.8) is 0 Å². The van der Waals surface area contributed by atoms with Crippen molar-refractivity contribution in [2.45, 2.75) is 6.61 Å². The number of aromatic nitrogens is 2. The van der Waals surface area contributed by atoms with E-state index in [9.17, 15) is 9.59 Å². The van der Waals surface area contributed by atoms with Gasteiger partial charge in [0.05, 0.1) is 10.9 Å². The number of pyridine rings is 1. The van der Waals surface area contributed by atoms with Gasteiger partial charge in [-0.2, -0.15) is 0 Å². The van der Waals surface area contributed by atoms with E-state index in [0.717, 1.165) is 5.56 Å². The standard InChI is InChI=1S/C18H17N3O3/c1-21(2)18(23)16(22)13-10-20-17-15(13)14(8-9-19-17)24-11-12-6-4-3-5-7-12/h3-10H,11H2,1-2H3,(H,19,20). The number of nitrogens with zero attached hydrogens (tertiary/aromatic N) is 2. The van der Waals surface area contributed by atoms with Crippen LogP contribution in [-0.2, 0) is 11.4 Å². The summed E-state index contributed by atoms with van der Waals surface area (Å²) in [5.41, 5.74) is 1.78. The molecule has 0 unspecified atom stereocenters. The molecule has 3 aromatic rings. The number of fused-ring (bicyclic) bond motifs is 1. The lowest BCUT2D eigenvalue weighted by molar-refractivity contribution is -0.124. The van der Waals surface area contributed by atoms with E-state index in [1.165, 1.54) is 11.1 Å². The summed E-state index contributed by atoms with van der Waals surface area (Å²) < 4.78 is 5.86. The van der Waals surface area contributed by atoms with Crippen LogP contribution in [0.5, 0.6) is 5.75 Å². The second kappa shape index (κ2) is 6.54. The highest BCUT2D eigenvalue weighted by Crippen LogP contribution is 2.28. The highest BCUT2D eigenvalue weighted by atomic mass is 16.5. The van der Waals surface area contributed by atoms with Gasteiger partial charge >= 0.3 is 0 Å². The van der Waals surface area contributed by atoms with Crippen molar-refractivity contribution in [3.05, 3.63) is 59.9 Å². The van der Waals surface area contributed by atoms with Crippen LogP contribution in [0.25, 0.3) is 11.0 Å². The third-order valence-corrected chi connectivity index (χ3v) is 3.62. The van der Waals surface area contributed by atoms with Crippen LogP contribution in [0.15, 0.2) is 48.8 Å². The number of aromatic amines is 1. The van der Waals surface area contributed by atoms with Crippen LogP contribution in [0.1, 0.15) is 15.9 Å². The molecule has 1 aromatic carbocycles. The predicted molar refractivity (Wildman–Crippen MR) is 89.9 cm³/mol. The predicted octanol–water partition coefficient (Wildman–Crippen LogP) is 2.41. The van der Waals surface area contributed by atoms with E-state index < -0.39 is 11.7 Å². The van der Waals surface area contributed by atoms with Crippen molar-refractivity contribution in [2.24, 2.45) is 0 Å². The third-order valence-electron chi connectivity index (χ3n) is 3.62. The number of H-pyrrole nitrogens is 1. The van der Waals surface area contributed by atoms with Gasteiger partial charge in [0.25, 0.3) is 11.7 Å². The highest BCUT2D eigenvalue weighted by Gasteiger charge is 2.23. The molecule has 0 aliphatic rings. The molecular formula is C18H17N3O3. The summed E-state index contributed by atoms with van der Waals surface area (Å²) in [7, 11) is 3.08. The molecule has 6 heteroatoms. The number of ketones is 1. The molecule has 0 atom stereocenters. The number of hydrogen-bond acceptors (Lipinski definition) is 4. The van der Waals surface area contributed by atoms with E-state index in [0.29, 0.717) is 23.4 Å². The number of carbonyl (C=O) groups excluding carboxylic acids is 2. The average molecular weight is 323 g/mol. The lowest BCUT2D eigenvalue weighted by atomic mass is 10.1. The van der Waals surface area contributed by atoms with Gasteiger partial charge in [0, 0.05) is 26.5 Å². The zero-order chi connectivity index (χ0) is 17.1. The Morgan fingerprint density at radius 1 is 1.17 bits per heavy atom. The first-order valence-electron chi connectivity index (χ1n) is 7.46. The molecule has 1 N–H and O–H groups in total. The van der Waals surface area contributed by atoms with Crippen LogP contribution in [-0.4, -0.2) is 40.7 Å². The molecule has 6 nitrogen and oxygen atoms in total. The lowest BCUT2D eigenvalue weighted by Crippen LogP contribution is -2.29. The molecule has 3 rings (SSSR count). The number of hydrogen-bond donors (Lipinski definition) is 1. The highest BCUT2D eigenvalue weighted by molar-refractivity contribution is 6.44. The maximum atomic E-state index is 12.4. The molecule has 0 bridgehead atoms. The monoisotopic (exact) mass is 323 g/mol. The fourth-order valence-corrected chi connectivity index (χ4v) is 2.38. The smallest absolute Gasteiger partial charge is 0.294 e. The molecule has 0 saturated heterocycles. The van der Waals surface area contributed by atoms with Crippen molar-refractivity contribution in [1.29, 1.82) is 0 Å². The zero-order valence-corrected chi connectivity index (χ0v) is 13.4. The van der Waals surface area contributed by atoms with E-state index in [2.05, 4.69) is 9.97 Å². The maximum Gasteiger partial charge on any atom is 0.294 e. The van der Waals surface area contributed by atoms with Gasteiger partial charge in [-0.05, 0) is 11.6 Å². The van der Waals surface area contributed by atoms with Crippen LogP contribution < -0.4 is 4.74 Å². The maximum absolute atomic E-state index is 12.4. The first-order chi connectivity index (χ1) is 11.6. The number of nitrogens with one attached hydrogen (secondary N) is 1. The van der Waals surface area contributed by atoms with E-state index in [4.69, 9.17) is 4.74 Å². The summed E-state index contributed by atoms with van der Waals surface area (Å²) in [5, 5.41) is 0.522. The number of Topliss-reactive ketones (excluding diaryl/α,β-unsaturated/α-hetero) is 1. The molecule has 0 fully saturated rings. The van der Waals surface area contributed by atoms with E-state index in [1.807, 2.05) is 30.3 Å². The largest absolute Gasteiger partial charge is 0.488 e. The number of likely N-dealkylation sites (N-methyl/N-ethyl adjacent to an activating group) is 1. The lowest BCUT2D eigenvalue weighted by Gasteiger charge is -2.10. The summed E-state index contributed by atoms with van der Waals surface area (Å²) in [5.74, 6) is -0.669. The Morgan fingerprint density at radius 3 is 2.62 bits per heavy atom. The Balaban J connectivity index is 1.95. The van der Waals surface area contributed by atoms with Gasteiger partial charge in [-0.1, -0.05) is 30.3 Å². The molecule has 24 heavy (non-hydrogen) atoms. The molecule has 2 heterocycles. The van der Waals surface area contributed by atoms with Crippen LogP contribution in [0.4, 0.5) is 0 Å². The molecule has 1 amide bonds. The number of benzene rings is 1. The topological polar surface area (TPSA) is 75.3 Å². The minimum atomic E-state index is -0.594. The van der Waals surface area contributed by atoms with Crippen molar-refractivity contribution in [2.75, 3.05) is 14.1 Å². The average Bonchev–Trinajstić information content (AvgIpc) is 3.04. The molecule has 0 aliphatic heterocycles. The summed E-state index contributed by atoms with van der Waals surface area (Å²) in [6.07, 6.45) is 3.10. The van der Waals surface area contributed by atoms with E-state index in [-0.39, 0.29) is 5.56 Å². The summed E-state index contributed by atoms with van der Waals surface area (Å²) in [4.78, 5) is 32.7. The second-order valence-electron chi connectivity index (χ2n) is 5.54. The number of ether oxygens (including phenoxy) is 1. The van der Waals surface area contributed by atoms with Gasteiger partial charge in [0.1, 0.15) is 18.0 Å². The quantitative estimate of drug-likeness (QED) is 0.578. The van der Waals surface area contributed by atoms with Crippen LogP contribution in [0.3, 0.4) is 0 Å². The van der Waals surface area contributed by atoms with Crippen molar-refractivity contribution >= 4 is 22.7 Å². The van der Waals surface area contributed by atoms with Gasteiger partial charge in [-0.15, -0.1) is 0 Å². The van der Waals surface area contributed by atoms with Crippen LogP contribution in [0.2, 0.25) is 0 Å². The first-order valence-corrected chi connectivity index (χ1v) is 7.46. The van der Waals surface area contributed by atoms with Gasteiger partial charge < -0.3 is 14.6 Å². The molecular weight excluding hydrogens is 306 g/mol. The van der Waals surface area contributed by atoms with Crippen LogP contribution in [0, 0.1) is 0 Å². The van der Waals surface area contributed by atoms with Crippen molar-refractivity contribution in [3.8, 4) is 5.75 Å². The summed E-state index contributed by atoms with van der Waals surface area (Å²) in [6.45, 7) is 0.361. The number of rotatable bonds is 5. The number of carbonyl (C=O) groups is 2. The van der Waals surface area contributed by atoms with E-state index in [1.54, 1.807) is 26.4 Å². The van der Waals surface area contributed by atoms with E-state index >= 15 is 0 Å². The third kappa shape index (κ3) is 2.99. The molecule has 2 aromatic heterocycles. The minimum Gasteiger partial charge on any atom is -0.488 e. The Bertz CT molecular complexity index is 885. The molecule has 0 spiro atoms. The molecule has 0 aliphatic carbocycles. The molecule has 0 radical (unpaired) electrons. The van der Waals surface area contributed by atoms with Gasteiger partial charge in [0.2, 0.25) is 0 Å². The summed E-state index contributed by atoms with van der Waals surface area (Å²) >= 11 is 0. The SMILES string of the molecule is CN(C)C(=O)C(=O)c1c[nH]c2nccc(OCc3ccccc3)c12. The molecule has 0 saturated carbocycles. The summed E-state index contributed by atoms with van der Waals surface area (Å²) in [6, 6.07) is 11.4. The second-order valence-corrected chi connectivity index (χ2v) is 5.54. The molecule has 122 valence electrons. The number of amides is 1. The van der Waals surface area contributed by atoms with Crippen LogP contribution >= 0.6 is 0 Å². The van der Waals surface area contributed by atoms with Gasteiger partial charge in [-0.25, -0.2) is 4.98 Å². The first kappa shape index (κ1) is 15.7. The van der Waals surface area contributed by atoms with Gasteiger partial charge in [0.15, 0.2) is 0 Å². The fourth-order valence-electron chi connectivity index (χ4n) is 2.38. The fraction of sp³-hybridized carbons (Fsp3) is 0.167. The normalized spacial score (nSPS) is 10.6. The van der Waals surface area contributed by atoms with Gasteiger partial charge in [-0.3, -0.25) is 9.59 Å². The Labute approximate surface area is 139 Å².